The summed E-state index contributed by atoms with van der Waals surface area (Å²) < 4.78 is 0. The topological polar surface area (TPSA) is 58.2 Å². The molecule has 0 bridgehead atoms. The van der Waals surface area contributed by atoms with Crippen LogP contribution in [0.2, 0.25) is 0 Å². The van der Waals surface area contributed by atoms with Crippen molar-refractivity contribution in [2.75, 3.05) is 13.1 Å². The number of hydrogen-bond donors (Lipinski definition) is 2. The van der Waals surface area contributed by atoms with Crippen LogP contribution in [0.15, 0.2) is 0 Å². The van der Waals surface area contributed by atoms with E-state index in [4.69, 9.17) is 0 Å². The molecule has 66 valence electrons. The van der Waals surface area contributed by atoms with E-state index in [0.29, 0.717) is 13.1 Å². The summed E-state index contributed by atoms with van der Waals surface area (Å²) in [7, 11) is 0. The number of amides is 2. The summed E-state index contributed by atoms with van der Waals surface area (Å²) in [4.78, 5) is 20.7. The zero-order valence-corrected chi connectivity index (χ0v) is 7.23. The van der Waals surface area contributed by atoms with Crippen LogP contribution in [0.1, 0.15) is 13.8 Å². The van der Waals surface area contributed by atoms with Gasteiger partial charge in [0.2, 0.25) is 11.8 Å². The first-order chi connectivity index (χ1) is 5.63. The summed E-state index contributed by atoms with van der Waals surface area (Å²) in [6.45, 7) is 3.51. The lowest BCUT2D eigenvalue weighted by Gasteiger charge is -1.92. The standard InChI is InChI=1S/C8H12N2O2/c1-7(11)9-5-3-4-6-10-8(2)12/h5-6H2,1-2H3,(H,9,11)(H,10,12). The molecule has 0 heterocycles. The zero-order chi connectivity index (χ0) is 9.40. The van der Waals surface area contributed by atoms with Crippen molar-refractivity contribution in [3.63, 3.8) is 0 Å². The van der Waals surface area contributed by atoms with Crippen LogP contribution < -0.4 is 10.6 Å². The second kappa shape index (κ2) is 6.23. The van der Waals surface area contributed by atoms with E-state index in [1.165, 1.54) is 13.8 Å². The van der Waals surface area contributed by atoms with Crippen LogP contribution in [-0.2, 0) is 9.59 Å². The molecule has 0 saturated heterocycles. The quantitative estimate of drug-likeness (QED) is 0.534. The maximum atomic E-state index is 10.3. The third-order valence-corrected chi connectivity index (χ3v) is 0.976. The van der Waals surface area contributed by atoms with Gasteiger partial charge in [0.1, 0.15) is 0 Å². The third kappa shape index (κ3) is 8.50. The Balaban J connectivity index is 3.35. The van der Waals surface area contributed by atoms with Gasteiger partial charge < -0.3 is 10.6 Å². The highest BCUT2D eigenvalue weighted by Crippen LogP contribution is 1.61. The predicted octanol–water partition coefficient (Wildman–Crippen LogP) is -0.738. The average molecular weight is 168 g/mol. The Kier molecular flexibility index (Phi) is 5.45. The normalized spacial score (nSPS) is 7.83. The fraction of sp³-hybridized carbons (Fsp3) is 0.500. The number of nitrogens with one attached hydrogen (secondary N) is 2. The van der Waals surface area contributed by atoms with Gasteiger partial charge in [-0.2, -0.15) is 0 Å². The highest BCUT2D eigenvalue weighted by Gasteiger charge is 1.85. The monoisotopic (exact) mass is 168 g/mol. The van der Waals surface area contributed by atoms with Crippen molar-refractivity contribution >= 4 is 11.8 Å². The first-order valence-corrected chi connectivity index (χ1v) is 3.57. The van der Waals surface area contributed by atoms with Gasteiger partial charge in [0.25, 0.3) is 0 Å². The predicted molar refractivity (Wildman–Crippen MR) is 45.1 cm³/mol. The van der Waals surface area contributed by atoms with E-state index in [1.54, 1.807) is 0 Å². The van der Waals surface area contributed by atoms with Gasteiger partial charge >= 0.3 is 0 Å². The Hall–Kier alpha value is -1.50. The zero-order valence-electron chi connectivity index (χ0n) is 7.23. The second-order valence-corrected chi connectivity index (χ2v) is 2.17. The second-order valence-electron chi connectivity index (χ2n) is 2.17. The minimum atomic E-state index is -0.108. The summed E-state index contributed by atoms with van der Waals surface area (Å²) in [5.74, 6) is 5.14. The van der Waals surface area contributed by atoms with Crippen molar-refractivity contribution in [2.45, 2.75) is 13.8 Å². The summed E-state index contributed by atoms with van der Waals surface area (Å²) in [5, 5.41) is 5.02. The van der Waals surface area contributed by atoms with E-state index < -0.39 is 0 Å². The van der Waals surface area contributed by atoms with Crippen molar-refractivity contribution in [1.82, 2.24) is 10.6 Å². The molecule has 0 fully saturated rings. The molecule has 0 rings (SSSR count). The minimum Gasteiger partial charge on any atom is -0.345 e. The first kappa shape index (κ1) is 10.5. The Bertz CT molecular complexity index is 203. The maximum Gasteiger partial charge on any atom is 0.217 e. The van der Waals surface area contributed by atoms with Crippen LogP contribution in [0.3, 0.4) is 0 Å². The molecule has 12 heavy (non-hydrogen) atoms. The molecule has 0 unspecified atom stereocenters. The largest absolute Gasteiger partial charge is 0.345 e. The molecule has 0 atom stereocenters. The number of rotatable bonds is 2. The molecule has 0 spiro atoms. The van der Waals surface area contributed by atoms with E-state index in [9.17, 15) is 9.59 Å². The van der Waals surface area contributed by atoms with Crippen molar-refractivity contribution in [3.8, 4) is 11.8 Å². The summed E-state index contributed by atoms with van der Waals surface area (Å²) >= 11 is 0. The van der Waals surface area contributed by atoms with Gasteiger partial charge in [-0.25, -0.2) is 0 Å². The molecule has 0 aromatic heterocycles. The van der Waals surface area contributed by atoms with Gasteiger partial charge in [0.15, 0.2) is 0 Å². The van der Waals surface area contributed by atoms with Crippen LogP contribution in [0.4, 0.5) is 0 Å². The molecular formula is C8H12N2O2. The molecule has 0 radical (unpaired) electrons. The van der Waals surface area contributed by atoms with Crippen LogP contribution in [0.5, 0.6) is 0 Å². The molecule has 0 aromatic carbocycles. The summed E-state index contributed by atoms with van der Waals surface area (Å²) in [5.41, 5.74) is 0. The molecule has 2 N–H and O–H groups in total. The molecule has 0 aliphatic carbocycles. The van der Waals surface area contributed by atoms with Gasteiger partial charge in [-0.15, -0.1) is 0 Å². The van der Waals surface area contributed by atoms with Crippen molar-refractivity contribution in [3.05, 3.63) is 0 Å². The van der Waals surface area contributed by atoms with E-state index in [2.05, 4.69) is 22.5 Å². The maximum absolute atomic E-state index is 10.3. The number of hydrogen-bond acceptors (Lipinski definition) is 2. The highest BCUT2D eigenvalue weighted by molar-refractivity contribution is 5.73. The minimum absolute atomic E-state index is 0.108. The number of carbonyl (C=O) groups is 2. The summed E-state index contributed by atoms with van der Waals surface area (Å²) in [6.07, 6.45) is 0. The fourth-order valence-corrected chi connectivity index (χ4v) is 0.462. The molecule has 0 aliphatic heterocycles. The van der Waals surface area contributed by atoms with E-state index in [0.717, 1.165) is 0 Å². The summed E-state index contributed by atoms with van der Waals surface area (Å²) in [6, 6.07) is 0. The van der Waals surface area contributed by atoms with Gasteiger partial charge in [-0.1, -0.05) is 11.8 Å². The molecular weight excluding hydrogens is 156 g/mol. The molecule has 0 aromatic rings. The van der Waals surface area contributed by atoms with Gasteiger partial charge in [-0.3, -0.25) is 9.59 Å². The lowest BCUT2D eigenvalue weighted by molar-refractivity contribution is -0.119. The van der Waals surface area contributed by atoms with E-state index in [-0.39, 0.29) is 11.8 Å². The van der Waals surface area contributed by atoms with Crippen molar-refractivity contribution < 1.29 is 9.59 Å². The number of carbonyl (C=O) groups excluding carboxylic acids is 2. The van der Waals surface area contributed by atoms with Crippen LogP contribution >= 0.6 is 0 Å². The lowest BCUT2D eigenvalue weighted by atomic mass is 10.5. The lowest BCUT2D eigenvalue weighted by Crippen LogP contribution is -2.21. The molecule has 0 saturated carbocycles. The van der Waals surface area contributed by atoms with Crippen LogP contribution in [0, 0.1) is 11.8 Å². The Labute approximate surface area is 71.7 Å². The molecule has 2 amide bonds. The van der Waals surface area contributed by atoms with Gasteiger partial charge in [0.05, 0.1) is 13.1 Å². The average Bonchev–Trinajstić information content (AvgIpc) is 1.95. The molecule has 0 aliphatic rings. The Morgan fingerprint density at radius 2 is 1.33 bits per heavy atom. The Morgan fingerprint density at radius 1 is 1.00 bits per heavy atom. The first-order valence-electron chi connectivity index (χ1n) is 3.57. The highest BCUT2D eigenvalue weighted by atomic mass is 16.1. The van der Waals surface area contributed by atoms with Gasteiger partial charge in [0, 0.05) is 13.8 Å². The van der Waals surface area contributed by atoms with Crippen LogP contribution in [0.25, 0.3) is 0 Å². The van der Waals surface area contributed by atoms with Gasteiger partial charge in [-0.05, 0) is 0 Å². The molecule has 4 heteroatoms. The third-order valence-electron chi connectivity index (χ3n) is 0.976. The van der Waals surface area contributed by atoms with E-state index >= 15 is 0 Å². The smallest absolute Gasteiger partial charge is 0.217 e. The van der Waals surface area contributed by atoms with Crippen molar-refractivity contribution in [1.29, 1.82) is 0 Å². The van der Waals surface area contributed by atoms with Crippen molar-refractivity contribution in [2.24, 2.45) is 0 Å². The van der Waals surface area contributed by atoms with E-state index in [1.807, 2.05) is 0 Å². The SMILES string of the molecule is CC(=O)NCC#CCNC(C)=O. The molecule has 4 nitrogen and oxygen atoms in total. The van der Waals surface area contributed by atoms with Crippen LogP contribution in [-0.4, -0.2) is 24.9 Å². The Morgan fingerprint density at radius 3 is 1.58 bits per heavy atom. The fourth-order valence-electron chi connectivity index (χ4n) is 0.462.